The van der Waals surface area contributed by atoms with Gasteiger partial charge in [-0.1, -0.05) is 0 Å². The molecule has 1 aromatic rings. The summed E-state index contributed by atoms with van der Waals surface area (Å²) in [4.78, 5) is 30.4. The summed E-state index contributed by atoms with van der Waals surface area (Å²) in [7, 11) is 0. The summed E-state index contributed by atoms with van der Waals surface area (Å²) in [5.41, 5.74) is -0.357. The molecule has 1 heterocycles. The van der Waals surface area contributed by atoms with Crippen LogP contribution in [0.4, 0.5) is 0 Å². The van der Waals surface area contributed by atoms with Crippen LogP contribution in [0.1, 0.15) is 37.7 Å². The van der Waals surface area contributed by atoms with Gasteiger partial charge in [-0.05, 0) is 26.8 Å². The van der Waals surface area contributed by atoms with Crippen molar-refractivity contribution in [1.29, 1.82) is 0 Å². The molecule has 0 saturated carbocycles. The molecule has 0 bridgehead atoms. The lowest BCUT2D eigenvalue weighted by atomic mass is 10.1. The molecule has 1 rings (SSSR count). The van der Waals surface area contributed by atoms with E-state index in [4.69, 9.17) is 4.74 Å². The van der Waals surface area contributed by atoms with E-state index in [0.717, 1.165) is 0 Å². The number of hydrogen-bond acceptors (Lipinski definition) is 5. The van der Waals surface area contributed by atoms with Crippen molar-refractivity contribution in [3.8, 4) is 0 Å². The van der Waals surface area contributed by atoms with E-state index in [0.29, 0.717) is 0 Å². The van der Waals surface area contributed by atoms with Crippen LogP contribution in [0.15, 0.2) is 18.6 Å². The maximum atomic E-state index is 11.5. The third kappa shape index (κ3) is 4.16. The van der Waals surface area contributed by atoms with Crippen LogP contribution >= 0.6 is 0 Å². The molecule has 0 aliphatic rings. The summed E-state index contributed by atoms with van der Waals surface area (Å²) in [6, 6.07) is 1.46. The first-order valence-corrected chi connectivity index (χ1v) is 4.89. The third-order valence-corrected chi connectivity index (χ3v) is 1.59. The Morgan fingerprint density at radius 2 is 2.06 bits per heavy atom. The fourth-order valence-corrected chi connectivity index (χ4v) is 1.05. The molecule has 0 atom stereocenters. The average molecular weight is 222 g/mol. The zero-order chi connectivity index (χ0) is 12.2. The number of carbonyl (C=O) groups excluding carboxylic acids is 2. The second-order valence-corrected chi connectivity index (χ2v) is 4.28. The largest absolute Gasteiger partial charge is 0.460 e. The molecule has 0 radical (unpaired) electrons. The third-order valence-electron chi connectivity index (χ3n) is 1.59. The van der Waals surface area contributed by atoms with Gasteiger partial charge in [0.25, 0.3) is 0 Å². The normalized spacial score (nSPS) is 10.9. The van der Waals surface area contributed by atoms with Gasteiger partial charge < -0.3 is 4.74 Å². The quantitative estimate of drug-likeness (QED) is 0.439. The topological polar surface area (TPSA) is 69.2 Å². The van der Waals surface area contributed by atoms with Crippen LogP contribution in [0, 0.1) is 0 Å². The van der Waals surface area contributed by atoms with Gasteiger partial charge in [0.05, 0.1) is 0 Å². The van der Waals surface area contributed by atoms with Crippen LogP contribution < -0.4 is 0 Å². The van der Waals surface area contributed by atoms with Crippen LogP contribution in [0.25, 0.3) is 0 Å². The summed E-state index contributed by atoms with van der Waals surface area (Å²) in [6.07, 6.45) is 2.42. The molecule has 0 saturated heterocycles. The summed E-state index contributed by atoms with van der Waals surface area (Å²) in [5, 5.41) is 0. The molecule has 0 N–H and O–H groups in total. The Kier molecular flexibility index (Phi) is 3.71. The second kappa shape index (κ2) is 4.83. The van der Waals surface area contributed by atoms with Gasteiger partial charge in [0.1, 0.15) is 24.0 Å². The van der Waals surface area contributed by atoms with Gasteiger partial charge in [-0.25, -0.2) is 9.97 Å². The van der Waals surface area contributed by atoms with E-state index >= 15 is 0 Å². The van der Waals surface area contributed by atoms with E-state index in [1.165, 1.54) is 18.6 Å². The molecular weight excluding hydrogens is 208 g/mol. The SMILES string of the molecule is CC(C)(C)OC(=O)CC(=O)c1ccncn1. The van der Waals surface area contributed by atoms with Crippen LogP contribution in [-0.4, -0.2) is 27.3 Å². The smallest absolute Gasteiger partial charge is 0.314 e. The summed E-state index contributed by atoms with van der Waals surface area (Å²) in [6.45, 7) is 5.25. The zero-order valence-electron chi connectivity index (χ0n) is 9.56. The fraction of sp³-hybridized carbons (Fsp3) is 0.455. The zero-order valence-corrected chi connectivity index (χ0v) is 9.56. The molecule has 16 heavy (non-hydrogen) atoms. The van der Waals surface area contributed by atoms with Gasteiger partial charge in [0.2, 0.25) is 0 Å². The number of rotatable bonds is 3. The fourth-order valence-electron chi connectivity index (χ4n) is 1.05. The number of nitrogens with zero attached hydrogens (tertiary/aromatic N) is 2. The van der Waals surface area contributed by atoms with Gasteiger partial charge >= 0.3 is 5.97 Å². The van der Waals surface area contributed by atoms with E-state index < -0.39 is 11.6 Å². The molecule has 5 heteroatoms. The minimum Gasteiger partial charge on any atom is -0.460 e. The molecule has 0 aromatic carbocycles. The Morgan fingerprint density at radius 1 is 1.38 bits per heavy atom. The highest BCUT2D eigenvalue weighted by molar-refractivity contribution is 6.04. The van der Waals surface area contributed by atoms with Crippen molar-refractivity contribution < 1.29 is 14.3 Å². The molecule has 0 aliphatic carbocycles. The number of esters is 1. The van der Waals surface area contributed by atoms with E-state index in [2.05, 4.69) is 9.97 Å². The van der Waals surface area contributed by atoms with Crippen molar-refractivity contribution >= 4 is 11.8 Å². The number of ketones is 1. The number of aromatic nitrogens is 2. The van der Waals surface area contributed by atoms with E-state index in [1.54, 1.807) is 20.8 Å². The van der Waals surface area contributed by atoms with Crippen molar-refractivity contribution in [1.82, 2.24) is 9.97 Å². The van der Waals surface area contributed by atoms with Crippen molar-refractivity contribution in [3.63, 3.8) is 0 Å². The van der Waals surface area contributed by atoms with E-state index in [1.807, 2.05) is 0 Å². The highest BCUT2D eigenvalue weighted by atomic mass is 16.6. The summed E-state index contributed by atoms with van der Waals surface area (Å²) >= 11 is 0. The number of ether oxygens (including phenoxy) is 1. The Bertz CT molecular complexity index is 382. The molecule has 0 fully saturated rings. The predicted octanol–water partition coefficient (Wildman–Crippen LogP) is 1.39. The van der Waals surface area contributed by atoms with Crippen LogP contribution in [0.2, 0.25) is 0 Å². The number of hydrogen-bond donors (Lipinski definition) is 0. The van der Waals surface area contributed by atoms with E-state index in [-0.39, 0.29) is 17.9 Å². The Hall–Kier alpha value is -1.78. The predicted molar refractivity (Wildman–Crippen MR) is 56.8 cm³/mol. The van der Waals surface area contributed by atoms with Gasteiger partial charge in [-0.2, -0.15) is 0 Å². The van der Waals surface area contributed by atoms with Crippen molar-refractivity contribution in [2.24, 2.45) is 0 Å². The number of carbonyl (C=O) groups is 2. The standard InChI is InChI=1S/C11H14N2O3/c1-11(2,3)16-10(15)6-9(14)8-4-5-12-7-13-8/h4-5,7H,6H2,1-3H3. The molecule has 0 spiro atoms. The Labute approximate surface area is 93.9 Å². The van der Waals surface area contributed by atoms with E-state index in [9.17, 15) is 9.59 Å². The molecule has 1 aromatic heterocycles. The highest BCUT2D eigenvalue weighted by Gasteiger charge is 2.20. The van der Waals surface area contributed by atoms with Crippen LogP contribution in [0.5, 0.6) is 0 Å². The first kappa shape index (κ1) is 12.3. The summed E-state index contributed by atoms with van der Waals surface area (Å²) in [5.74, 6) is -0.909. The lowest BCUT2D eigenvalue weighted by Crippen LogP contribution is -2.25. The van der Waals surface area contributed by atoms with Gasteiger partial charge in [-0.15, -0.1) is 0 Å². The Morgan fingerprint density at radius 3 is 2.56 bits per heavy atom. The van der Waals surface area contributed by atoms with Crippen LogP contribution in [-0.2, 0) is 9.53 Å². The van der Waals surface area contributed by atoms with Crippen molar-refractivity contribution in [3.05, 3.63) is 24.3 Å². The maximum Gasteiger partial charge on any atom is 0.314 e. The molecule has 0 amide bonds. The molecule has 5 nitrogen and oxygen atoms in total. The monoisotopic (exact) mass is 222 g/mol. The first-order valence-electron chi connectivity index (χ1n) is 4.89. The molecular formula is C11H14N2O3. The molecule has 0 unspecified atom stereocenters. The average Bonchev–Trinajstić information content (AvgIpc) is 2.16. The molecule has 86 valence electrons. The van der Waals surface area contributed by atoms with Gasteiger partial charge in [0, 0.05) is 6.20 Å². The minimum absolute atomic E-state index is 0.223. The molecule has 0 aliphatic heterocycles. The second-order valence-electron chi connectivity index (χ2n) is 4.28. The minimum atomic E-state index is -0.580. The number of Topliss-reactive ketones (excluding diaryl/α,β-unsaturated/α-hetero) is 1. The highest BCUT2D eigenvalue weighted by Crippen LogP contribution is 2.09. The maximum absolute atomic E-state index is 11.5. The first-order chi connectivity index (χ1) is 7.38. The lowest BCUT2D eigenvalue weighted by Gasteiger charge is -2.18. The lowest BCUT2D eigenvalue weighted by molar-refractivity contribution is -0.153. The van der Waals surface area contributed by atoms with Gasteiger partial charge in [-0.3, -0.25) is 9.59 Å². The Balaban J connectivity index is 2.56. The summed E-state index contributed by atoms with van der Waals surface area (Å²) < 4.78 is 5.03. The van der Waals surface area contributed by atoms with Crippen molar-refractivity contribution in [2.45, 2.75) is 32.8 Å². The van der Waals surface area contributed by atoms with Crippen molar-refractivity contribution in [2.75, 3.05) is 0 Å². The van der Waals surface area contributed by atoms with Gasteiger partial charge in [0.15, 0.2) is 5.78 Å². The van der Waals surface area contributed by atoms with Crippen LogP contribution in [0.3, 0.4) is 0 Å².